The van der Waals surface area contributed by atoms with Crippen molar-refractivity contribution in [3.63, 3.8) is 0 Å². The zero-order valence-corrected chi connectivity index (χ0v) is 16.8. The van der Waals surface area contributed by atoms with Crippen LogP contribution in [0.2, 0.25) is 0 Å². The van der Waals surface area contributed by atoms with Crippen molar-refractivity contribution in [2.45, 2.75) is 0 Å². The molecule has 0 unspecified atom stereocenters. The first-order valence-electron chi connectivity index (χ1n) is 7.25. The third-order valence-electron chi connectivity index (χ3n) is 3.65. The Morgan fingerprint density at radius 1 is 1.00 bits per heavy atom. The van der Waals surface area contributed by atoms with E-state index in [1.165, 1.54) is 11.3 Å². The summed E-state index contributed by atoms with van der Waals surface area (Å²) >= 11 is 4.95. The average Bonchev–Trinajstić information content (AvgIpc) is 3.19. The predicted molar refractivity (Wildman–Crippen MR) is 101 cm³/mol. The van der Waals surface area contributed by atoms with Gasteiger partial charge < -0.3 is 27.7 Å². The van der Waals surface area contributed by atoms with Crippen LogP contribution in [0.15, 0.2) is 68.6 Å². The van der Waals surface area contributed by atoms with Crippen LogP contribution in [0.25, 0.3) is 22.0 Å². The van der Waals surface area contributed by atoms with Crippen molar-refractivity contribution in [3.05, 3.63) is 58.4 Å². The molecule has 4 N–H and O–H groups in total. The van der Waals surface area contributed by atoms with Gasteiger partial charge in [0.15, 0.2) is 5.82 Å². The van der Waals surface area contributed by atoms with Crippen LogP contribution in [0, 0.1) is 0 Å². The topological polar surface area (TPSA) is 80.7 Å². The van der Waals surface area contributed by atoms with Crippen molar-refractivity contribution in [2.75, 3.05) is 5.73 Å². The molecule has 0 spiro atoms. The van der Waals surface area contributed by atoms with Crippen molar-refractivity contribution in [2.24, 2.45) is 10.2 Å². The lowest BCUT2D eigenvalue weighted by Crippen LogP contribution is -3.00. The number of azo groups is 1. The predicted octanol–water partition coefficient (Wildman–Crippen LogP) is 2.47. The van der Waals surface area contributed by atoms with Crippen LogP contribution in [0.5, 0.6) is 0 Å². The van der Waals surface area contributed by atoms with Gasteiger partial charge >= 0.3 is 5.13 Å². The molecule has 0 aliphatic heterocycles. The fourth-order valence-corrected chi connectivity index (χ4v) is 3.41. The van der Waals surface area contributed by atoms with Gasteiger partial charge in [0.05, 0.1) is 5.11 Å². The number of hydrogen-bond donors (Lipinski definition) is 2. The van der Waals surface area contributed by atoms with Crippen molar-refractivity contribution < 1.29 is 22.0 Å². The van der Waals surface area contributed by atoms with Gasteiger partial charge in [-0.25, -0.2) is 4.98 Å². The van der Waals surface area contributed by atoms with Crippen molar-refractivity contribution in [3.8, 4) is 11.3 Å². The average molecular weight is 479 g/mol. The second-order valence-electron chi connectivity index (χ2n) is 5.22. The third kappa shape index (κ3) is 3.65. The van der Waals surface area contributed by atoms with Crippen LogP contribution < -0.4 is 27.7 Å². The number of aromatic nitrogens is 2. The lowest BCUT2D eigenvalue weighted by Gasteiger charge is -1.93. The minimum Gasteiger partial charge on any atom is -1.00 e. The number of thiazole rings is 1. The number of anilines is 1. The first-order chi connectivity index (χ1) is 11.7. The van der Waals surface area contributed by atoms with Gasteiger partial charge in [0.25, 0.3) is 0 Å². The van der Waals surface area contributed by atoms with Gasteiger partial charge in [-0.3, -0.25) is 0 Å². The SMILES string of the molecule is Nc1[nH]c(/N=N/c2[nH+]c(-c3ccc(Br)cc3)cs2)c2ccccc12.[Br-]. The molecule has 0 amide bonds. The number of benzene rings is 2. The number of rotatable bonds is 3. The summed E-state index contributed by atoms with van der Waals surface area (Å²) in [4.78, 5) is 6.34. The number of fused-ring (bicyclic) bond motifs is 1. The third-order valence-corrected chi connectivity index (χ3v) is 4.94. The van der Waals surface area contributed by atoms with Gasteiger partial charge in [-0.1, -0.05) is 40.2 Å². The number of nitrogen functional groups attached to an aromatic ring is 1. The van der Waals surface area contributed by atoms with Crippen LogP contribution >= 0.6 is 27.3 Å². The fourth-order valence-electron chi connectivity index (χ4n) is 2.47. The van der Waals surface area contributed by atoms with E-state index in [0.717, 1.165) is 31.6 Å². The molecule has 8 heteroatoms. The Kier molecular flexibility index (Phi) is 5.31. The number of nitrogens with zero attached hydrogens (tertiary/aromatic N) is 2. The molecule has 0 saturated heterocycles. The highest BCUT2D eigenvalue weighted by Gasteiger charge is 2.12. The van der Waals surface area contributed by atoms with Gasteiger partial charge in [0, 0.05) is 26.2 Å². The smallest absolute Gasteiger partial charge is 0.406 e. The summed E-state index contributed by atoms with van der Waals surface area (Å²) in [5.74, 6) is 1.26. The summed E-state index contributed by atoms with van der Waals surface area (Å²) in [7, 11) is 0. The summed E-state index contributed by atoms with van der Waals surface area (Å²) in [6.45, 7) is 0. The highest BCUT2D eigenvalue weighted by Crippen LogP contribution is 2.31. The Bertz CT molecular complexity index is 1040. The standard InChI is InChI=1S/C17H12BrN5S.BrH/c18-11-7-5-10(6-8-11)14-9-24-17(20-14)23-22-16-13-4-2-1-3-12(13)15(19)21-16;/h1-9,21H,19H2;1H/b23-22+;. The minimum atomic E-state index is 0. The maximum atomic E-state index is 5.97. The maximum Gasteiger partial charge on any atom is 0.406 e. The van der Waals surface area contributed by atoms with Crippen LogP contribution in [-0.4, -0.2) is 4.98 Å². The Labute approximate surface area is 166 Å². The number of nitrogens with two attached hydrogens (primary N) is 1. The van der Waals surface area contributed by atoms with E-state index in [9.17, 15) is 0 Å². The van der Waals surface area contributed by atoms with E-state index < -0.39 is 0 Å². The van der Waals surface area contributed by atoms with Crippen molar-refractivity contribution in [1.82, 2.24) is 4.98 Å². The summed E-state index contributed by atoms with van der Waals surface area (Å²) in [6.07, 6.45) is 0. The molecule has 0 bridgehead atoms. The number of nitrogens with one attached hydrogen (secondary N) is 2. The second kappa shape index (κ2) is 7.47. The summed E-state index contributed by atoms with van der Waals surface area (Å²) in [5.41, 5.74) is 8.09. The summed E-state index contributed by atoms with van der Waals surface area (Å²) < 4.78 is 1.05. The largest absolute Gasteiger partial charge is 1.00 e. The molecular formula is C17H13Br2N5S. The summed E-state index contributed by atoms with van der Waals surface area (Å²) in [5, 5.41) is 13.3. The fraction of sp³-hybridized carbons (Fsp3) is 0. The molecule has 0 fully saturated rings. The van der Waals surface area contributed by atoms with Gasteiger partial charge in [0.2, 0.25) is 0 Å². The van der Waals surface area contributed by atoms with E-state index in [1.807, 2.05) is 53.9 Å². The van der Waals surface area contributed by atoms with E-state index in [0.29, 0.717) is 11.6 Å². The molecule has 2 aromatic heterocycles. The Morgan fingerprint density at radius 2 is 1.72 bits per heavy atom. The lowest BCUT2D eigenvalue weighted by molar-refractivity contribution is -0.343. The molecule has 126 valence electrons. The quantitative estimate of drug-likeness (QED) is 0.436. The molecule has 0 saturated carbocycles. The van der Waals surface area contributed by atoms with E-state index in [4.69, 9.17) is 5.73 Å². The van der Waals surface area contributed by atoms with Crippen LogP contribution in [0.1, 0.15) is 0 Å². The molecule has 2 aromatic carbocycles. The maximum absolute atomic E-state index is 5.97. The molecule has 25 heavy (non-hydrogen) atoms. The Balaban J connectivity index is 0.00000182. The summed E-state index contributed by atoms with van der Waals surface area (Å²) in [6, 6.07) is 15.9. The molecule has 2 heterocycles. The monoisotopic (exact) mass is 477 g/mol. The van der Waals surface area contributed by atoms with E-state index >= 15 is 0 Å². The van der Waals surface area contributed by atoms with Crippen molar-refractivity contribution >= 4 is 54.8 Å². The molecule has 0 atom stereocenters. The normalized spacial score (nSPS) is 11.1. The molecule has 5 nitrogen and oxygen atoms in total. The number of hydrogen-bond acceptors (Lipinski definition) is 4. The highest BCUT2D eigenvalue weighted by molar-refractivity contribution is 9.10. The van der Waals surface area contributed by atoms with E-state index in [1.54, 1.807) is 0 Å². The van der Waals surface area contributed by atoms with Crippen LogP contribution in [-0.2, 0) is 0 Å². The van der Waals surface area contributed by atoms with Gasteiger partial charge in [-0.2, -0.15) is 0 Å². The lowest BCUT2D eigenvalue weighted by atomic mass is 10.2. The van der Waals surface area contributed by atoms with E-state index in [-0.39, 0.29) is 17.0 Å². The second-order valence-corrected chi connectivity index (χ2v) is 6.99. The van der Waals surface area contributed by atoms with Gasteiger partial charge in [0.1, 0.15) is 11.5 Å². The molecular weight excluding hydrogens is 466 g/mol. The number of halogens is 2. The molecule has 4 aromatic rings. The highest BCUT2D eigenvalue weighted by atomic mass is 79.9. The first kappa shape index (κ1) is 17.8. The van der Waals surface area contributed by atoms with E-state index in [2.05, 4.69) is 36.1 Å². The molecule has 0 aliphatic rings. The zero-order chi connectivity index (χ0) is 16.5. The number of H-pyrrole nitrogens is 2. The number of aromatic amines is 2. The minimum absolute atomic E-state index is 0. The molecule has 0 aliphatic carbocycles. The van der Waals surface area contributed by atoms with Crippen molar-refractivity contribution in [1.29, 1.82) is 0 Å². The van der Waals surface area contributed by atoms with Crippen LogP contribution in [0.4, 0.5) is 16.8 Å². The van der Waals surface area contributed by atoms with Gasteiger partial charge in [-0.15, -0.1) is 0 Å². The Morgan fingerprint density at radius 3 is 2.48 bits per heavy atom. The zero-order valence-electron chi connectivity index (χ0n) is 12.8. The van der Waals surface area contributed by atoms with Crippen LogP contribution in [0.3, 0.4) is 0 Å². The molecule has 0 radical (unpaired) electrons. The molecule has 4 rings (SSSR count). The van der Waals surface area contributed by atoms with Gasteiger partial charge in [-0.05, 0) is 40.7 Å². The Hall–Kier alpha value is -2.03. The first-order valence-corrected chi connectivity index (χ1v) is 8.92.